The van der Waals surface area contributed by atoms with E-state index in [1.165, 1.54) is 0 Å². The summed E-state index contributed by atoms with van der Waals surface area (Å²) in [5, 5.41) is 3.93. The fourth-order valence-corrected chi connectivity index (χ4v) is 1.91. The number of halogens is 2. The molecule has 1 aromatic carbocycles. The van der Waals surface area contributed by atoms with Gasteiger partial charge in [0.25, 0.3) is 0 Å². The second-order valence-corrected chi connectivity index (χ2v) is 4.36. The van der Waals surface area contributed by atoms with E-state index in [-0.39, 0.29) is 0 Å². The van der Waals surface area contributed by atoms with Gasteiger partial charge < -0.3 is 5.32 Å². The fourth-order valence-electron chi connectivity index (χ4n) is 1.52. The summed E-state index contributed by atoms with van der Waals surface area (Å²) in [6, 6.07) is 5.50. The Kier molecular flexibility index (Phi) is 3.50. The topological polar surface area (TPSA) is 37.8 Å². The number of rotatable bonds is 2. The van der Waals surface area contributed by atoms with Crippen LogP contribution in [0.15, 0.2) is 24.4 Å². The molecule has 1 heterocycles. The Balaban J connectivity index is 2.63. The Morgan fingerprint density at radius 3 is 2.71 bits per heavy atom. The van der Waals surface area contributed by atoms with E-state index in [4.69, 9.17) is 23.2 Å². The summed E-state index contributed by atoms with van der Waals surface area (Å²) in [4.78, 5) is 8.53. The molecule has 0 radical (unpaired) electrons. The maximum Gasteiger partial charge on any atom is 0.222 e. The molecule has 0 fully saturated rings. The largest absolute Gasteiger partial charge is 0.357 e. The second kappa shape index (κ2) is 4.90. The molecule has 0 amide bonds. The van der Waals surface area contributed by atoms with Gasteiger partial charge in [-0.3, -0.25) is 0 Å². The standard InChI is InChI=1S/C12H11Cl2N3/c1-7-6-16-12(15-2)17-11(7)8-4-3-5-9(13)10(8)14/h3-6H,1-2H3,(H,15,16,17). The molecule has 0 aliphatic rings. The zero-order valence-electron chi connectivity index (χ0n) is 9.46. The lowest BCUT2D eigenvalue weighted by molar-refractivity contribution is 1.12. The highest BCUT2D eigenvalue weighted by Gasteiger charge is 2.11. The van der Waals surface area contributed by atoms with Crippen LogP contribution in [0.25, 0.3) is 11.3 Å². The van der Waals surface area contributed by atoms with E-state index in [0.717, 1.165) is 16.8 Å². The molecule has 1 aromatic heterocycles. The van der Waals surface area contributed by atoms with Gasteiger partial charge in [-0.15, -0.1) is 0 Å². The first-order valence-electron chi connectivity index (χ1n) is 5.09. The van der Waals surface area contributed by atoms with Crippen LogP contribution >= 0.6 is 23.2 Å². The van der Waals surface area contributed by atoms with Crippen molar-refractivity contribution < 1.29 is 0 Å². The van der Waals surface area contributed by atoms with E-state index < -0.39 is 0 Å². The first-order valence-corrected chi connectivity index (χ1v) is 5.85. The van der Waals surface area contributed by atoms with Crippen LogP contribution in [0.4, 0.5) is 5.95 Å². The van der Waals surface area contributed by atoms with E-state index in [1.807, 2.05) is 19.1 Å². The minimum atomic E-state index is 0.512. The van der Waals surface area contributed by atoms with Crippen molar-refractivity contribution in [2.24, 2.45) is 0 Å². The molecule has 0 atom stereocenters. The highest BCUT2D eigenvalue weighted by molar-refractivity contribution is 6.43. The summed E-state index contributed by atoms with van der Waals surface area (Å²) >= 11 is 12.2. The summed E-state index contributed by atoms with van der Waals surface area (Å²) in [6.45, 7) is 1.94. The summed E-state index contributed by atoms with van der Waals surface area (Å²) in [5.74, 6) is 0.557. The molecule has 5 heteroatoms. The van der Waals surface area contributed by atoms with Crippen LogP contribution in [0.1, 0.15) is 5.56 Å². The number of nitrogens with one attached hydrogen (secondary N) is 1. The Morgan fingerprint density at radius 2 is 2.00 bits per heavy atom. The summed E-state index contributed by atoms with van der Waals surface area (Å²) in [6.07, 6.45) is 1.76. The van der Waals surface area contributed by atoms with Crippen molar-refractivity contribution in [2.45, 2.75) is 6.92 Å². The minimum absolute atomic E-state index is 0.512. The average molecular weight is 268 g/mol. The number of aromatic nitrogens is 2. The average Bonchev–Trinajstić information content (AvgIpc) is 2.34. The Hall–Kier alpha value is -1.32. The molecular formula is C12H11Cl2N3. The van der Waals surface area contributed by atoms with E-state index in [1.54, 1.807) is 19.3 Å². The van der Waals surface area contributed by atoms with Gasteiger partial charge >= 0.3 is 0 Å². The molecule has 17 heavy (non-hydrogen) atoms. The molecule has 0 spiro atoms. The molecule has 3 nitrogen and oxygen atoms in total. The van der Waals surface area contributed by atoms with Gasteiger partial charge in [0.2, 0.25) is 5.95 Å². The summed E-state index contributed by atoms with van der Waals surface area (Å²) in [7, 11) is 1.77. The Labute approximate surface area is 110 Å². The molecule has 0 saturated carbocycles. The van der Waals surface area contributed by atoms with Crippen molar-refractivity contribution in [3.8, 4) is 11.3 Å². The monoisotopic (exact) mass is 267 g/mol. The predicted octanol–water partition coefficient (Wildman–Crippen LogP) is 3.80. The van der Waals surface area contributed by atoms with Crippen LogP contribution < -0.4 is 5.32 Å². The van der Waals surface area contributed by atoms with Crippen LogP contribution in [0.2, 0.25) is 10.0 Å². The normalized spacial score (nSPS) is 10.4. The second-order valence-electron chi connectivity index (χ2n) is 3.58. The Morgan fingerprint density at radius 1 is 1.24 bits per heavy atom. The SMILES string of the molecule is CNc1ncc(C)c(-c2cccc(Cl)c2Cl)n1. The van der Waals surface area contributed by atoms with Crippen molar-refractivity contribution in [3.05, 3.63) is 40.0 Å². The van der Waals surface area contributed by atoms with Crippen LogP contribution in [-0.4, -0.2) is 17.0 Å². The lowest BCUT2D eigenvalue weighted by Gasteiger charge is -2.09. The van der Waals surface area contributed by atoms with E-state index in [9.17, 15) is 0 Å². The van der Waals surface area contributed by atoms with Crippen molar-refractivity contribution in [3.63, 3.8) is 0 Å². The number of aryl methyl sites for hydroxylation is 1. The smallest absolute Gasteiger partial charge is 0.222 e. The van der Waals surface area contributed by atoms with Gasteiger partial charge in [-0.2, -0.15) is 0 Å². The summed E-state index contributed by atoms with van der Waals surface area (Å²) in [5.41, 5.74) is 2.56. The van der Waals surface area contributed by atoms with Crippen molar-refractivity contribution >= 4 is 29.2 Å². The molecule has 0 bridgehead atoms. The number of hydrogen-bond donors (Lipinski definition) is 1. The highest BCUT2D eigenvalue weighted by Crippen LogP contribution is 2.33. The molecule has 2 rings (SSSR count). The van der Waals surface area contributed by atoms with E-state index in [0.29, 0.717) is 16.0 Å². The Bertz CT molecular complexity index is 555. The highest BCUT2D eigenvalue weighted by atomic mass is 35.5. The molecule has 88 valence electrons. The van der Waals surface area contributed by atoms with Crippen LogP contribution in [0.3, 0.4) is 0 Å². The maximum atomic E-state index is 6.18. The van der Waals surface area contributed by atoms with Gasteiger partial charge in [-0.25, -0.2) is 9.97 Å². The maximum absolute atomic E-state index is 6.18. The number of anilines is 1. The number of benzene rings is 1. The third-order valence-corrected chi connectivity index (χ3v) is 3.22. The van der Waals surface area contributed by atoms with Gasteiger partial charge in [0.15, 0.2) is 0 Å². The van der Waals surface area contributed by atoms with Crippen molar-refractivity contribution in [1.82, 2.24) is 9.97 Å². The van der Waals surface area contributed by atoms with Gasteiger partial charge in [0.1, 0.15) is 0 Å². The van der Waals surface area contributed by atoms with E-state index in [2.05, 4.69) is 15.3 Å². The van der Waals surface area contributed by atoms with Crippen molar-refractivity contribution in [1.29, 1.82) is 0 Å². The van der Waals surface area contributed by atoms with Crippen LogP contribution in [0.5, 0.6) is 0 Å². The predicted molar refractivity (Wildman–Crippen MR) is 71.8 cm³/mol. The molecule has 0 saturated heterocycles. The number of nitrogens with zero attached hydrogens (tertiary/aromatic N) is 2. The molecule has 2 aromatic rings. The van der Waals surface area contributed by atoms with Crippen LogP contribution in [0, 0.1) is 6.92 Å². The third-order valence-electron chi connectivity index (χ3n) is 2.40. The molecular weight excluding hydrogens is 257 g/mol. The zero-order chi connectivity index (χ0) is 12.4. The zero-order valence-corrected chi connectivity index (χ0v) is 11.0. The van der Waals surface area contributed by atoms with Gasteiger partial charge in [0, 0.05) is 18.8 Å². The van der Waals surface area contributed by atoms with Gasteiger partial charge in [-0.1, -0.05) is 35.3 Å². The fraction of sp³-hybridized carbons (Fsp3) is 0.167. The minimum Gasteiger partial charge on any atom is -0.357 e. The first-order chi connectivity index (χ1) is 8.13. The quantitative estimate of drug-likeness (QED) is 0.900. The lowest BCUT2D eigenvalue weighted by Crippen LogP contribution is -1.99. The van der Waals surface area contributed by atoms with Crippen LogP contribution in [-0.2, 0) is 0 Å². The lowest BCUT2D eigenvalue weighted by atomic mass is 10.1. The number of hydrogen-bond acceptors (Lipinski definition) is 3. The molecule has 0 unspecified atom stereocenters. The van der Waals surface area contributed by atoms with Crippen molar-refractivity contribution in [2.75, 3.05) is 12.4 Å². The first kappa shape index (κ1) is 12.1. The third kappa shape index (κ3) is 2.35. The van der Waals surface area contributed by atoms with Gasteiger partial charge in [0.05, 0.1) is 15.7 Å². The van der Waals surface area contributed by atoms with Gasteiger partial charge in [-0.05, 0) is 18.6 Å². The molecule has 1 N–H and O–H groups in total. The molecule has 0 aliphatic carbocycles. The van der Waals surface area contributed by atoms with E-state index >= 15 is 0 Å². The summed E-state index contributed by atoms with van der Waals surface area (Å²) < 4.78 is 0. The molecule has 0 aliphatic heterocycles.